The summed E-state index contributed by atoms with van der Waals surface area (Å²) >= 11 is 0. The molecule has 1 aromatic heterocycles. The fraction of sp³-hybridized carbons (Fsp3) is 0.381. The number of amides is 2. The molecule has 2 aliphatic heterocycles. The van der Waals surface area contributed by atoms with Gasteiger partial charge in [-0.25, -0.2) is 4.98 Å². The molecule has 28 heavy (non-hydrogen) atoms. The lowest BCUT2D eigenvalue weighted by atomic mass is 9.89. The third-order valence-corrected chi connectivity index (χ3v) is 5.20. The first-order chi connectivity index (χ1) is 13.7. The summed E-state index contributed by atoms with van der Waals surface area (Å²) in [7, 11) is 0. The minimum atomic E-state index is -0.178. The van der Waals surface area contributed by atoms with Crippen LogP contribution < -0.4 is 15.5 Å². The van der Waals surface area contributed by atoms with Crippen LogP contribution in [0.25, 0.3) is 0 Å². The van der Waals surface area contributed by atoms with E-state index in [1.54, 1.807) is 6.20 Å². The Hall–Kier alpha value is -2.93. The molecule has 1 saturated heterocycles. The minimum Gasteiger partial charge on any atom is -0.378 e. The standard InChI is InChI=1S/C21H24N4O3/c26-20(8-5-16-13-15-3-1-2-4-18(15)24-21(16)27)23-17-6-7-19(22-14-17)25-9-11-28-12-10-25/h1-4,6-7,14,16H,5,8-13H2,(H,23,26)(H,24,27)/t16-/m0/s1. The van der Waals surface area contributed by atoms with Crippen molar-refractivity contribution in [2.24, 2.45) is 5.92 Å². The van der Waals surface area contributed by atoms with Crippen molar-refractivity contribution in [3.05, 3.63) is 48.2 Å². The van der Waals surface area contributed by atoms with Gasteiger partial charge < -0.3 is 20.3 Å². The number of hydrogen-bond donors (Lipinski definition) is 2. The van der Waals surface area contributed by atoms with Crippen molar-refractivity contribution in [2.45, 2.75) is 19.3 Å². The Bertz CT molecular complexity index is 847. The average molecular weight is 380 g/mol. The van der Waals surface area contributed by atoms with Gasteiger partial charge in [0.15, 0.2) is 0 Å². The molecule has 2 aromatic rings. The first kappa shape index (κ1) is 18.4. The van der Waals surface area contributed by atoms with E-state index in [0.29, 0.717) is 38.2 Å². The molecule has 0 saturated carbocycles. The molecule has 2 N–H and O–H groups in total. The highest BCUT2D eigenvalue weighted by Crippen LogP contribution is 2.27. The average Bonchev–Trinajstić information content (AvgIpc) is 2.73. The van der Waals surface area contributed by atoms with Crippen LogP contribution in [-0.2, 0) is 20.7 Å². The number of rotatable bonds is 5. The van der Waals surface area contributed by atoms with Crippen molar-refractivity contribution >= 4 is 29.0 Å². The highest BCUT2D eigenvalue weighted by Gasteiger charge is 2.26. The Kier molecular flexibility index (Phi) is 5.53. The molecule has 7 heteroatoms. The molecule has 0 radical (unpaired) electrons. The number of ether oxygens (including phenoxy) is 1. The molecule has 4 rings (SSSR count). The van der Waals surface area contributed by atoms with Gasteiger partial charge in [-0.3, -0.25) is 9.59 Å². The summed E-state index contributed by atoms with van der Waals surface area (Å²) in [6.07, 6.45) is 3.16. The molecule has 2 amide bonds. The molecule has 3 heterocycles. The normalized spacial score (nSPS) is 18.9. The predicted octanol–water partition coefficient (Wildman–Crippen LogP) is 2.45. The second kappa shape index (κ2) is 8.39. The fourth-order valence-corrected chi connectivity index (χ4v) is 3.61. The van der Waals surface area contributed by atoms with Crippen molar-refractivity contribution in [3.8, 4) is 0 Å². The number of benzene rings is 1. The maximum atomic E-state index is 12.3. The molecule has 146 valence electrons. The number of nitrogens with zero attached hydrogens (tertiary/aromatic N) is 2. The Morgan fingerprint density at radius 1 is 1.21 bits per heavy atom. The van der Waals surface area contributed by atoms with Crippen molar-refractivity contribution in [3.63, 3.8) is 0 Å². The lowest BCUT2D eigenvalue weighted by Crippen LogP contribution is -2.36. The van der Waals surface area contributed by atoms with Gasteiger partial charge in [0.2, 0.25) is 11.8 Å². The van der Waals surface area contributed by atoms with Crippen LogP contribution in [0.5, 0.6) is 0 Å². The Morgan fingerprint density at radius 3 is 2.82 bits per heavy atom. The molecule has 0 bridgehead atoms. The Labute approximate surface area is 164 Å². The van der Waals surface area contributed by atoms with E-state index in [1.165, 1.54) is 0 Å². The molecular weight excluding hydrogens is 356 g/mol. The van der Waals surface area contributed by atoms with Crippen LogP contribution in [0.1, 0.15) is 18.4 Å². The van der Waals surface area contributed by atoms with E-state index < -0.39 is 0 Å². The number of aromatic nitrogens is 1. The number of fused-ring (bicyclic) bond motifs is 1. The van der Waals surface area contributed by atoms with Crippen molar-refractivity contribution in [1.82, 2.24) is 4.98 Å². The van der Waals surface area contributed by atoms with Gasteiger partial charge in [0.05, 0.1) is 25.1 Å². The van der Waals surface area contributed by atoms with Gasteiger partial charge in [0, 0.05) is 31.1 Å². The zero-order chi connectivity index (χ0) is 19.3. The number of para-hydroxylation sites is 1. The predicted molar refractivity (Wildman–Crippen MR) is 107 cm³/mol. The monoisotopic (exact) mass is 380 g/mol. The van der Waals surface area contributed by atoms with Gasteiger partial charge in [-0.05, 0) is 36.6 Å². The lowest BCUT2D eigenvalue weighted by molar-refractivity contribution is -0.121. The number of anilines is 3. The summed E-state index contributed by atoms with van der Waals surface area (Å²) in [5, 5.41) is 5.80. The van der Waals surface area contributed by atoms with Crippen molar-refractivity contribution in [2.75, 3.05) is 41.8 Å². The van der Waals surface area contributed by atoms with E-state index in [1.807, 2.05) is 36.4 Å². The number of nitrogens with one attached hydrogen (secondary N) is 2. The minimum absolute atomic E-state index is 0.0111. The summed E-state index contributed by atoms with van der Waals surface area (Å²) in [5.74, 6) is 0.594. The summed E-state index contributed by atoms with van der Waals surface area (Å²) in [5.41, 5.74) is 2.66. The first-order valence-corrected chi connectivity index (χ1v) is 9.66. The number of carbonyl (C=O) groups excluding carboxylic acids is 2. The number of hydrogen-bond acceptors (Lipinski definition) is 5. The summed E-state index contributed by atoms with van der Waals surface area (Å²) in [4.78, 5) is 31.1. The summed E-state index contributed by atoms with van der Waals surface area (Å²) in [6.45, 7) is 3.06. The van der Waals surface area contributed by atoms with E-state index in [-0.39, 0.29) is 17.7 Å². The molecule has 0 spiro atoms. The molecule has 7 nitrogen and oxygen atoms in total. The number of pyridine rings is 1. The summed E-state index contributed by atoms with van der Waals surface area (Å²) in [6, 6.07) is 11.6. The smallest absolute Gasteiger partial charge is 0.227 e. The Morgan fingerprint density at radius 2 is 2.04 bits per heavy atom. The van der Waals surface area contributed by atoms with Gasteiger partial charge >= 0.3 is 0 Å². The van der Waals surface area contributed by atoms with Crippen molar-refractivity contribution < 1.29 is 14.3 Å². The topological polar surface area (TPSA) is 83.6 Å². The van der Waals surface area contributed by atoms with Crippen LogP contribution in [0, 0.1) is 5.92 Å². The van der Waals surface area contributed by atoms with E-state index in [2.05, 4.69) is 20.5 Å². The molecule has 0 aliphatic carbocycles. The second-order valence-corrected chi connectivity index (χ2v) is 7.14. The quantitative estimate of drug-likeness (QED) is 0.832. The maximum absolute atomic E-state index is 12.3. The zero-order valence-electron chi connectivity index (χ0n) is 15.7. The van der Waals surface area contributed by atoms with Gasteiger partial charge in [0.1, 0.15) is 5.82 Å². The van der Waals surface area contributed by atoms with Crippen LogP contribution in [0.2, 0.25) is 0 Å². The molecule has 0 unspecified atom stereocenters. The molecule has 1 atom stereocenters. The molecule has 1 fully saturated rings. The molecule has 2 aliphatic rings. The van der Waals surface area contributed by atoms with E-state index in [9.17, 15) is 9.59 Å². The molecular formula is C21H24N4O3. The van der Waals surface area contributed by atoms with E-state index >= 15 is 0 Å². The van der Waals surface area contributed by atoms with Gasteiger partial charge in [-0.1, -0.05) is 18.2 Å². The lowest BCUT2D eigenvalue weighted by Gasteiger charge is -2.27. The van der Waals surface area contributed by atoms with E-state index in [4.69, 9.17) is 4.74 Å². The van der Waals surface area contributed by atoms with Crippen LogP contribution in [0.4, 0.5) is 17.2 Å². The van der Waals surface area contributed by atoms with Crippen LogP contribution in [0.3, 0.4) is 0 Å². The first-order valence-electron chi connectivity index (χ1n) is 9.66. The van der Waals surface area contributed by atoms with Crippen molar-refractivity contribution in [1.29, 1.82) is 0 Å². The van der Waals surface area contributed by atoms with Crippen LogP contribution in [-0.4, -0.2) is 43.1 Å². The molecule has 1 aromatic carbocycles. The SMILES string of the molecule is O=C(CC[C@H]1Cc2ccccc2NC1=O)Nc1ccc(N2CCOCC2)nc1. The zero-order valence-corrected chi connectivity index (χ0v) is 15.7. The van der Waals surface area contributed by atoms with Crippen LogP contribution in [0.15, 0.2) is 42.6 Å². The second-order valence-electron chi connectivity index (χ2n) is 7.14. The van der Waals surface area contributed by atoms with Gasteiger partial charge in [-0.15, -0.1) is 0 Å². The summed E-state index contributed by atoms with van der Waals surface area (Å²) < 4.78 is 5.35. The fourth-order valence-electron chi connectivity index (χ4n) is 3.61. The maximum Gasteiger partial charge on any atom is 0.227 e. The third kappa shape index (κ3) is 4.31. The Balaban J connectivity index is 1.28. The largest absolute Gasteiger partial charge is 0.378 e. The van der Waals surface area contributed by atoms with E-state index in [0.717, 1.165) is 30.2 Å². The number of carbonyl (C=O) groups is 2. The number of morpholine rings is 1. The highest BCUT2D eigenvalue weighted by atomic mass is 16.5. The highest BCUT2D eigenvalue weighted by molar-refractivity contribution is 5.96. The van der Waals surface area contributed by atoms with Crippen LogP contribution >= 0.6 is 0 Å². The van der Waals surface area contributed by atoms with Gasteiger partial charge in [-0.2, -0.15) is 0 Å². The third-order valence-electron chi connectivity index (χ3n) is 5.20. The van der Waals surface area contributed by atoms with Gasteiger partial charge in [0.25, 0.3) is 0 Å².